The zero-order valence-corrected chi connectivity index (χ0v) is 21.7. The molecule has 3 amide bonds. The van der Waals surface area contributed by atoms with E-state index < -0.39 is 26.5 Å². The van der Waals surface area contributed by atoms with E-state index in [2.05, 4.69) is 55.7 Å². The van der Waals surface area contributed by atoms with Gasteiger partial charge in [0.25, 0.3) is 5.91 Å². The van der Waals surface area contributed by atoms with Crippen LogP contribution < -0.4 is 21.0 Å². The average molecular weight is 481 g/mol. The molecular formula is C27H36N2O4Si. The molecule has 1 aliphatic rings. The number of nitrogens with one attached hydrogen (secondary N) is 2. The molecule has 34 heavy (non-hydrogen) atoms. The predicted molar refractivity (Wildman–Crippen MR) is 138 cm³/mol. The van der Waals surface area contributed by atoms with Crippen LogP contribution in [0.25, 0.3) is 0 Å². The Morgan fingerprint density at radius 2 is 1.59 bits per heavy atom. The van der Waals surface area contributed by atoms with Crippen LogP contribution in [0.1, 0.15) is 40.5 Å². The minimum absolute atomic E-state index is 0.132. The molecule has 0 unspecified atom stereocenters. The van der Waals surface area contributed by atoms with Crippen LogP contribution in [0.4, 0.5) is 4.79 Å². The Bertz CT molecular complexity index is 928. The molecule has 6 nitrogen and oxygen atoms in total. The van der Waals surface area contributed by atoms with Gasteiger partial charge in [0.05, 0.1) is 25.0 Å². The number of benzene rings is 2. The van der Waals surface area contributed by atoms with Crippen molar-refractivity contribution in [1.29, 1.82) is 0 Å². The van der Waals surface area contributed by atoms with E-state index in [1.54, 1.807) is 0 Å². The van der Waals surface area contributed by atoms with Gasteiger partial charge < -0.3 is 14.5 Å². The summed E-state index contributed by atoms with van der Waals surface area (Å²) in [6.07, 6.45) is 4.10. The summed E-state index contributed by atoms with van der Waals surface area (Å²) < 4.78 is 11.7. The molecule has 0 atom stereocenters. The molecule has 0 radical (unpaired) electrons. The van der Waals surface area contributed by atoms with Crippen LogP contribution in [0.3, 0.4) is 0 Å². The first-order chi connectivity index (χ1) is 16.2. The highest BCUT2D eigenvalue weighted by Gasteiger charge is 2.50. The van der Waals surface area contributed by atoms with Crippen LogP contribution in [0.5, 0.6) is 0 Å². The normalized spacial score (nSPS) is 20.1. The van der Waals surface area contributed by atoms with Crippen molar-refractivity contribution < 1.29 is 18.8 Å². The summed E-state index contributed by atoms with van der Waals surface area (Å²) in [6.45, 7) is 9.33. The van der Waals surface area contributed by atoms with Gasteiger partial charge in [0.15, 0.2) is 0 Å². The zero-order chi connectivity index (χ0) is 24.6. The average Bonchev–Trinajstić information content (AvgIpc) is 2.77. The monoisotopic (exact) mass is 480 g/mol. The lowest BCUT2D eigenvalue weighted by Crippen LogP contribution is -2.65. The summed E-state index contributed by atoms with van der Waals surface area (Å²) in [5.41, 5.74) is -0.381. The lowest BCUT2D eigenvalue weighted by molar-refractivity contribution is -0.115. The predicted octanol–water partition coefficient (Wildman–Crippen LogP) is 3.11. The molecule has 182 valence electrons. The number of rotatable bonds is 9. The van der Waals surface area contributed by atoms with Gasteiger partial charge in [0.2, 0.25) is 9.04 Å². The first-order valence-electron chi connectivity index (χ1n) is 11.9. The molecule has 2 aromatic rings. The largest absolute Gasteiger partial charge is 0.501 e. The molecule has 1 fully saturated rings. The fourth-order valence-electron chi connectivity index (χ4n) is 4.27. The molecule has 7 heteroatoms. The van der Waals surface area contributed by atoms with Gasteiger partial charge >= 0.3 is 6.03 Å². The van der Waals surface area contributed by atoms with Crippen molar-refractivity contribution in [1.82, 2.24) is 10.6 Å². The van der Waals surface area contributed by atoms with Crippen LogP contribution >= 0.6 is 0 Å². The van der Waals surface area contributed by atoms with Gasteiger partial charge in [-0.3, -0.25) is 10.1 Å². The molecule has 0 aliphatic heterocycles. The molecule has 3 rings (SSSR count). The van der Waals surface area contributed by atoms with Crippen LogP contribution in [-0.2, 0) is 14.0 Å². The maximum absolute atomic E-state index is 12.7. The standard InChI is InChI=1S/C27H36N2O4Si/c1-5-32-17-16-24(30)28-25(31)29-27(18-21(19-27)26(2,3)4)20-33-34(22-12-8-6-9-13-22)23-14-10-7-11-15-23/h6-17,21,34H,5,18-20H2,1-4H3,(H2,28,29,30,31)/b17-16-/t21-,27+. The van der Waals surface area contributed by atoms with E-state index in [-0.39, 0.29) is 5.41 Å². The topological polar surface area (TPSA) is 76.7 Å². The third kappa shape index (κ3) is 7.05. The number of hydrogen-bond acceptors (Lipinski definition) is 4. The van der Waals surface area contributed by atoms with Crippen molar-refractivity contribution in [3.63, 3.8) is 0 Å². The Labute approximate surface area is 204 Å². The number of ether oxygens (including phenoxy) is 1. The number of carbonyl (C=O) groups is 2. The summed E-state index contributed by atoms with van der Waals surface area (Å²) in [5.74, 6) is -0.0620. The van der Waals surface area contributed by atoms with E-state index in [0.717, 1.165) is 12.8 Å². The number of imide groups is 1. The smallest absolute Gasteiger partial charge is 0.322 e. The van der Waals surface area contributed by atoms with Crippen molar-refractivity contribution in [2.24, 2.45) is 11.3 Å². The second kappa shape index (κ2) is 11.5. The molecule has 1 aliphatic carbocycles. The Kier molecular flexibility index (Phi) is 8.69. The number of carbonyl (C=O) groups excluding carboxylic acids is 2. The van der Waals surface area contributed by atoms with E-state index in [4.69, 9.17) is 9.16 Å². The van der Waals surface area contributed by atoms with Gasteiger partial charge in [0, 0.05) is 6.08 Å². The molecule has 0 bridgehead atoms. The van der Waals surface area contributed by atoms with E-state index in [0.29, 0.717) is 19.1 Å². The van der Waals surface area contributed by atoms with Gasteiger partial charge in [-0.15, -0.1) is 0 Å². The van der Waals surface area contributed by atoms with Crippen LogP contribution in [0.2, 0.25) is 0 Å². The highest BCUT2D eigenvalue weighted by Crippen LogP contribution is 2.47. The van der Waals surface area contributed by atoms with Gasteiger partial charge in [-0.05, 0) is 41.5 Å². The zero-order valence-electron chi connectivity index (χ0n) is 20.5. The maximum atomic E-state index is 12.7. The molecule has 1 saturated carbocycles. The van der Waals surface area contributed by atoms with Crippen molar-refractivity contribution in [2.75, 3.05) is 13.2 Å². The third-order valence-electron chi connectivity index (χ3n) is 6.33. The quantitative estimate of drug-likeness (QED) is 0.329. The second-order valence-corrected chi connectivity index (χ2v) is 12.4. The van der Waals surface area contributed by atoms with Gasteiger partial charge in [0.1, 0.15) is 0 Å². The fraction of sp³-hybridized carbons (Fsp3) is 0.407. The highest BCUT2D eigenvalue weighted by molar-refractivity contribution is 6.80. The Morgan fingerprint density at radius 3 is 2.09 bits per heavy atom. The highest BCUT2D eigenvalue weighted by atomic mass is 28.3. The summed E-state index contributed by atoms with van der Waals surface area (Å²) >= 11 is 0. The molecule has 2 aromatic carbocycles. The van der Waals surface area contributed by atoms with E-state index >= 15 is 0 Å². The number of hydrogen-bond donors (Lipinski definition) is 2. The first kappa shape index (κ1) is 25.7. The lowest BCUT2D eigenvalue weighted by atomic mass is 9.59. The molecular weight excluding hydrogens is 444 g/mol. The molecule has 0 spiro atoms. The minimum Gasteiger partial charge on any atom is -0.501 e. The van der Waals surface area contributed by atoms with Crippen molar-refractivity contribution in [3.05, 3.63) is 73.0 Å². The van der Waals surface area contributed by atoms with Crippen LogP contribution in [0.15, 0.2) is 73.0 Å². The summed E-state index contributed by atoms with van der Waals surface area (Å²) in [5, 5.41) is 7.81. The van der Waals surface area contributed by atoms with Crippen LogP contribution in [0, 0.1) is 11.3 Å². The second-order valence-electron chi connectivity index (χ2n) is 9.97. The van der Waals surface area contributed by atoms with E-state index in [1.807, 2.05) is 43.3 Å². The summed E-state index contributed by atoms with van der Waals surface area (Å²) in [6, 6.07) is 20.1. The van der Waals surface area contributed by atoms with Crippen molar-refractivity contribution in [2.45, 2.75) is 46.1 Å². The van der Waals surface area contributed by atoms with Gasteiger partial charge in [-0.1, -0.05) is 81.4 Å². The minimum atomic E-state index is -1.95. The Balaban J connectivity index is 1.73. The third-order valence-corrected chi connectivity index (χ3v) is 8.81. The van der Waals surface area contributed by atoms with E-state index in [1.165, 1.54) is 22.7 Å². The lowest BCUT2D eigenvalue weighted by Gasteiger charge is -2.53. The van der Waals surface area contributed by atoms with Gasteiger partial charge in [-0.2, -0.15) is 0 Å². The molecule has 2 N–H and O–H groups in total. The van der Waals surface area contributed by atoms with Crippen molar-refractivity contribution in [3.8, 4) is 0 Å². The Morgan fingerprint density at radius 1 is 1.03 bits per heavy atom. The number of amides is 3. The van der Waals surface area contributed by atoms with Crippen LogP contribution in [-0.4, -0.2) is 39.7 Å². The fourth-order valence-corrected chi connectivity index (χ4v) is 6.67. The van der Waals surface area contributed by atoms with E-state index in [9.17, 15) is 9.59 Å². The Hall–Kier alpha value is -2.90. The first-order valence-corrected chi connectivity index (χ1v) is 13.5. The molecule has 0 saturated heterocycles. The maximum Gasteiger partial charge on any atom is 0.322 e. The summed E-state index contributed by atoms with van der Waals surface area (Å²) in [7, 11) is -1.95. The summed E-state index contributed by atoms with van der Waals surface area (Å²) in [4.78, 5) is 24.7. The SMILES string of the molecule is CCO/C=C\C(=O)NC(=O)N[C@]1(CO[SiH](c2ccccc2)c2ccccc2)C[C@H](C(C)(C)C)C1. The van der Waals surface area contributed by atoms with Crippen molar-refractivity contribution >= 4 is 31.4 Å². The molecule has 0 aromatic heterocycles. The number of urea groups is 1. The van der Waals surface area contributed by atoms with Gasteiger partial charge in [-0.25, -0.2) is 4.79 Å². The molecule has 0 heterocycles.